The number of hydrogen-bond acceptors (Lipinski definition) is 3. The number of rotatable bonds is 4. The van der Waals surface area contributed by atoms with Crippen molar-refractivity contribution in [1.29, 1.82) is 0 Å². The fraction of sp³-hybridized carbons (Fsp3) is 0.158. The standard InChI is InChI=1S/C19H17FN2O2/c1-12(2)22-18(23)16(13-7-4-3-5-8-13)17(19(22)24)21-15-10-6-9-14(20)11-15/h3-12,21H,1-2H3. The molecular weight excluding hydrogens is 307 g/mol. The molecule has 0 aliphatic carbocycles. The number of halogens is 1. The van der Waals surface area contributed by atoms with Gasteiger partial charge >= 0.3 is 0 Å². The first-order chi connectivity index (χ1) is 11.5. The van der Waals surface area contributed by atoms with Gasteiger partial charge in [-0.05, 0) is 37.6 Å². The van der Waals surface area contributed by atoms with E-state index >= 15 is 0 Å². The Balaban J connectivity index is 2.10. The van der Waals surface area contributed by atoms with Crippen molar-refractivity contribution in [2.24, 2.45) is 0 Å². The van der Waals surface area contributed by atoms with E-state index in [9.17, 15) is 14.0 Å². The molecule has 1 aliphatic rings. The highest BCUT2D eigenvalue weighted by molar-refractivity contribution is 6.36. The highest BCUT2D eigenvalue weighted by Gasteiger charge is 2.40. The van der Waals surface area contributed by atoms with Crippen LogP contribution in [0.5, 0.6) is 0 Å². The molecule has 122 valence electrons. The van der Waals surface area contributed by atoms with Crippen LogP contribution < -0.4 is 5.32 Å². The van der Waals surface area contributed by atoms with E-state index in [0.29, 0.717) is 16.8 Å². The Morgan fingerprint density at radius 2 is 1.67 bits per heavy atom. The normalized spacial score (nSPS) is 14.8. The van der Waals surface area contributed by atoms with Crippen LogP contribution >= 0.6 is 0 Å². The van der Waals surface area contributed by atoms with Crippen LogP contribution in [-0.4, -0.2) is 22.8 Å². The second-order valence-corrected chi connectivity index (χ2v) is 5.83. The monoisotopic (exact) mass is 324 g/mol. The van der Waals surface area contributed by atoms with E-state index in [1.807, 2.05) is 6.07 Å². The number of benzene rings is 2. The van der Waals surface area contributed by atoms with Crippen LogP contribution in [0.25, 0.3) is 5.57 Å². The zero-order chi connectivity index (χ0) is 17.3. The Hall–Kier alpha value is -2.95. The van der Waals surface area contributed by atoms with Gasteiger partial charge in [-0.1, -0.05) is 36.4 Å². The van der Waals surface area contributed by atoms with Crippen LogP contribution in [-0.2, 0) is 9.59 Å². The molecule has 3 rings (SSSR count). The third-order valence-electron chi connectivity index (χ3n) is 3.79. The van der Waals surface area contributed by atoms with Crippen LogP contribution in [0.2, 0.25) is 0 Å². The largest absolute Gasteiger partial charge is 0.350 e. The molecule has 1 heterocycles. The maximum absolute atomic E-state index is 13.4. The summed E-state index contributed by atoms with van der Waals surface area (Å²) >= 11 is 0. The molecule has 0 saturated carbocycles. The van der Waals surface area contributed by atoms with E-state index in [0.717, 1.165) is 0 Å². The first kappa shape index (κ1) is 15.9. The predicted octanol–water partition coefficient (Wildman–Crippen LogP) is 3.43. The average Bonchev–Trinajstić information content (AvgIpc) is 2.79. The molecule has 0 bridgehead atoms. The summed E-state index contributed by atoms with van der Waals surface area (Å²) in [5.74, 6) is -1.17. The second-order valence-electron chi connectivity index (χ2n) is 5.83. The van der Waals surface area contributed by atoms with Crippen LogP contribution in [0.1, 0.15) is 19.4 Å². The van der Waals surface area contributed by atoms with Gasteiger partial charge in [-0.15, -0.1) is 0 Å². The minimum Gasteiger partial charge on any atom is -0.350 e. The Morgan fingerprint density at radius 1 is 0.958 bits per heavy atom. The van der Waals surface area contributed by atoms with Gasteiger partial charge in [-0.2, -0.15) is 0 Å². The molecule has 4 nitrogen and oxygen atoms in total. The minimum absolute atomic E-state index is 0.172. The SMILES string of the molecule is CC(C)N1C(=O)C(Nc2cccc(F)c2)=C(c2ccccc2)C1=O. The molecule has 0 aromatic heterocycles. The number of carbonyl (C=O) groups is 2. The van der Waals surface area contributed by atoms with Crippen LogP contribution in [0.15, 0.2) is 60.3 Å². The Labute approximate surface area is 139 Å². The van der Waals surface area contributed by atoms with E-state index in [1.165, 1.54) is 17.0 Å². The van der Waals surface area contributed by atoms with Gasteiger partial charge < -0.3 is 5.32 Å². The molecular formula is C19H17FN2O2. The molecule has 1 aliphatic heterocycles. The molecule has 2 aromatic rings. The number of nitrogens with zero attached hydrogens (tertiary/aromatic N) is 1. The lowest BCUT2D eigenvalue weighted by Crippen LogP contribution is -2.38. The van der Waals surface area contributed by atoms with Crippen molar-refractivity contribution < 1.29 is 14.0 Å². The summed E-state index contributed by atoms with van der Waals surface area (Å²) < 4.78 is 13.4. The van der Waals surface area contributed by atoms with Crippen LogP contribution in [0, 0.1) is 5.82 Å². The molecule has 24 heavy (non-hydrogen) atoms. The fourth-order valence-corrected chi connectivity index (χ4v) is 2.72. The van der Waals surface area contributed by atoms with E-state index in [4.69, 9.17) is 0 Å². The van der Waals surface area contributed by atoms with Crippen molar-refractivity contribution >= 4 is 23.1 Å². The maximum atomic E-state index is 13.4. The molecule has 0 fully saturated rings. The summed E-state index contributed by atoms with van der Waals surface area (Å²) in [6.45, 7) is 3.56. The summed E-state index contributed by atoms with van der Waals surface area (Å²) in [5.41, 5.74) is 1.55. The fourth-order valence-electron chi connectivity index (χ4n) is 2.72. The van der Waals surface area contributed by atoms with Gasteiger partial charge in [0, 0.05) is 11.7 Å². The summed E-state index contributed by atoms with van der Waals surface area (Å²) in [6.07, 6.45) is 0. The van der Waals surface area contributed by atoms with Gasteiger partial charge in [0.1, 0.15) is 11.5 Å². The van der Waals surface area contributed by atoms with E-state index in [-0.39, 0.29) is 17.6 Å². The van der Waals surface area contributed by atoms with Crippen molar-refractivity contribution in [1.82, 2.24) is 4.90 Å². The van der Waals surface area contributed by atoms with Gasteiger partial charge in [-0.25, -0.2) is 4.39 Å². The molecule has 0 spiro atoms. The van der Waals surface area contributed by atoms with Crippen molar-refractivity contribution in [2.45, 2.75) is 19.9 Å². The molecule has 2 aromatic carbocycles. The van der Waals surface area contributed by atoms with Gasteiger partial charge in [0.25, 0.3) is 11.8 Å². The number of hydrogen-bond donors (Lipinski definition) is 1. The van der Waals surface area contributed by atoms with Crippen molar-refractivity contribution in [2.75, 3.05) is 5.32 Å². The third-order valence-corrected chi connectivity index (χ3v) is 3.79. The number of amides is 2. The van der Waals surface area contributed by atoms with Crippen molar-refractivity contribution in [3.8, 4) is 0 Å². The first-order valence-corrected chi connectivity index (χ1v) is 7.69. The lowest BCUT2D eigenvalue weighted by atomic mass is 10.0. The van der Waals surface area contributed by atoms with Crippen molar-refractivity contribution in [3.63, 3.8) is 0 Å². The molecule has 0 unspecified atom stereocenters. The van der Waals surface area contributed by atoms with Gasteiger partial charge in [0.2, 0.25) is 0 Å². The number of imide groups is 1. The maximum Gasteiger partial charge on any atom is 0.278 e. The topological polar surface area (TPSA) is 49.4 Å². The molecule has 0 atom stereocenters. The zero-order valence-corrected chi connectivity index (χ0v) is 13.4. The number of nitrogens with one attached hydrogen (secondary N) is 1. The summed E-state index contributed by atoms with van der Waals surface area (Å²) in [7, 11) is 0. The van der Waals surface area contributed by atoms with Crippen LogP contribution in [0.4, 0.5) is 10.1 Å². The van der Waals surface area contributed by atoms with Crippen molar-refractivity contribution in [3.05, 3.63) is 71.7 Å². The number of carbonyl (C=O) groups excluding carboxylic acids is 2. The second kappa shape index (κ2) is 6.28. The molecule has 0 radical (unpaired) electrons. The van der Waals surface area contributed by atoms with E-state index in [2.05, 4.69) is 5.32 Å². The smallest absolute Gasteiger partial charge is 0.278 e. The lowest BCUT2D eigenvalue weighted by molar-refractivity contribution is -0.138. The number of anilines is 1. The molecule has 0 saturated heterocycles. The highest BCUT2D eigenvalue weighted by Crippen LogP contribution is 2.31. The van der Waals surface area contributed by atoms with Crippen LogP contribution in [0.3, 0.4) is 0 Å². The summed E-state index contributed by atoms with van der Waals surface area (Å²) in [4.78, 5) is 26.7. The Kier molecular flexibility index (Phi) is 4.16. The Bertz CT molecular complexity index is 828. The summed E-state index contributed by atoms with van der Waals surface area (Å²) in [6, 6.07) is 14.5. The molecule has 1 N–H and O–H groups in total. The van der Waals surface area contributed by atoms with Gasteiger partial charge in [0.05, 0.1) is 5.57 Å². The quantitative estimate of drug-likeness (QED) is 0.877. The lowest BCUT2D eigenvalue weighted by Gasteiger charge is -2.19. The minimum atomic E-state index is -0.417. The molecule has 2 amide bonds. The predicted molar refractivity (Wildman–Crippen MR) is 90.4 cm³/mol. The third kappa shape index (κ3) is 2.80. The Morgan fingerprint density at radius 3 is 2.29 bits per heavy atom. The summed E-state index contributed by atoms with van der Waals surface area (Å²) in [5, 5.41) is 2.92. The van der Waals surface area contributed by atoms with E-state index in [1.54, 1.807) is 50.2 Å². The first-order valence-electron chi connectivity index (χ1n) is 7.69. The zero-order valence-electron chi connectivity index (χ0n) is 13.4. The van der Waals surface area contributed by atoms with Gasteiger partial charge in [0.15, 0.2) is 0 Å². The van der Waals surface area contributed by atoms with E-state index < -0.39 is 11.7 Å². The molecule has 5 heteroatoms. The van der Waals surface area contributed by atoms with Gasteiger partial charge in [-0.3, -0.25) is 14.5 Å². The average molecular weight is 324 g/mol. The highest BCUT2D eigenvalue weighted by atomic mass is 19.1.